The first-order chi connectivity index (χ1) is 11.7. The number of amides is 1. The molecular formula is C17H19N5O2. The zero-order valence-corrected chi connectivity index (χ0v) is 13.5. The zero-order valence-electron chi connectivity index (χ0n) is 13.5. The second-order valence-corrected chi connectivity index (χ2v) is 5.48. The Bertz CT molecular complexity index is 816. The summed E-state index contributed by atoms with van der Waals surface area (Å²) in [4.78, 5) is 20.0. The lowest BCUT2D eigenvalue weighted by molar-refractivity contribution is -0.123. The number of hydrogen-bond donors (Lipinski definition) is 1. The third-order valence-corrected chi connectivity index (χ3v) is 3.46. The Balaban J connectivity index is 1.38. The van der Waals surface area contributed by atoms with Gasteiger partial charge in [-0.3, -0.25) is 9.78 Å². The number of pyridine rings is 1. The summed E-state index contributed by atoms with van der Waals surface area (Å²) in [5.41, 5.74) is 2.88. The van der Waals surface area contributed by atoms with Crippen LogP contribution in [0.25, 0.3) is 5.65 Å². The Morgan fingerprint density at radius 2 is 2.29 bits per heavy atom. The maximum absolute atomic E-state index is 11.7. The molecule has 0 atom stereocenters. The molecule has 24 heavy (non-hydrogen) atoms. The molecule has 1 N–H and O–H groups in total. The number of hydrogen-bond acceptors (Lipinski definition) is 5. The van der Waals surface area contributed by atoms with Crippen molar-refractivity contribution in [2.75, 3.05) is 13.2 Å². The molecule has 0 fully saturated rings. The van der Waals surface area contributed by atoms with Gasteiger partial charge in [-0.1, -0.05) is 0 Å². The van der Waals surface area contributed by atoms with Gasteiger partial charge in [-0.15, -0.1) is 0 Å². The molecule has 3 heterocycles. The number of carbonyl (C=O) groups is 1. The van der Waals surface area contributed by atoms with Crippen LogP contribution in [0.4, 0.5) is 0 Å². The Kier molecular flexibility index (Phi) is 5.00. The van der Waals surface area contributed by atoms with Gasteiger partial charge in [0.05, 0.1) is 11.9 Å². The SMILES string of the molecule is Cc1cc2ncc(CCCNC(=O)COc3cccnc3)cn2n1. The highest BCUT2D eigenvalue weighted by Gasteiger charge is 2.04. The van der Waals surface area contributed by atoms with Crippen LogP contribution in [-0.4, -0.2) is 38.6 Å². The van der Waals surface area contributed by atoms with Crippen molar-refractivity contribution in [3.63, 3.8) is 0 Å². The van der Waals surface area contributed by atoms with Crippen molar-refractivity contribution in [2.45, 2.75) is 19.8 Å². The third-order valence-electron chi connectivity index (χ3n) is 3.46. The second kappa shape index (κ2) is 7.54. The highest BCUT2D eigenvalue weighted by atomic mass is 16.5. The molecule has 0 radical (unpaired) electrons. The normalized spacial score (nSPS) is 10.7. The molecule has 7 nitrogen and oxygen atoms in total. The molecule has 3 rings (SSSR count). The number of fused-ring (bicyclic) bond motifs is 1. The van der Waals surface area contributed by atoms with Crippen LogP contribution >= 0.6 is 0 Å². The number of nitrogens with zero attached hydrogens (tertiary/aromatic N) is 4. The van der Waals surface area contributed by atoms with Gasteiger partial charge in [0.1, 0.15) is 5.75 Å². The second-order valence-electron chi connectivity index (χ2n) is 5.48. The van der Waals surface area contributed by atoms with Crippen LogP contribution in [0.2, 0.25) is 0 Å². The van der Waals surface area contributed by atoms with E-state index in [2.05, 4.69) is 20.4 Å². The molecule has 0 spiro atoms. The van der Waals surface area contributed by atoms with Crippen LogP contribution < -0.4 is 10.1 Å². The number of aromatic nitrogens is 4. The highest BCUT2D eigenvalue weighted by Crippen LogP contribution is 2.07. The van der Waals surface area contributed by atoms with Crippen molar-refractivity contribution in [3.05, 3.63) is 54.2 Å². The Morgan fingerprint density at radius 3 is 3.12 bits per heavy atom. The van der Waals surface area contributed by atoms with E-state index in [0.29, 0.717) is 12.3 Å². The minimum Gasteiger partial charge on any atom is -0.482 e. The van der Waals surface area contributed by atoms with E-state index in [0.717, 1.165) is 29.7 Å². The van der Waals surface area contributed by atoms with E-state index in [4.69, 9.17) is 4.74 Å². The van der Waals surface area contributed by atoms with E-state index in [1.807, 2.05) is 25.4 Å². The van der Waals surface area contributed by atoms with Gasteiger partial charge in [0, 0.05) is 31.2 Å². The summed E-state index contributed by atoms with van der Waals surface area (Å²) in [7, 11) is 0. The molecule has 0 saturated heterocycles. The standard InChI is InChI=1S/C17H19N5O2/c1-13-8-16-20-9-14(11-22(16)21-13)4-2-7-19-17(23)12-24-15-5-3-6-18-10-15/h3,5-6,8-11H,2,4,7,12H2,1H3,(H,19,23). The monoisotopic (exact) mass is 325 g/mol. The summed E-state index contributed by atoms with van der Waals surface area (Å²) in [5.74, 6) is 0.441. The van der Waals surface area contributed by atoms with Crippen molar-refractivity contribution in [1.29, 1.82) is 0 Å². The van der Waals surface area contributed by atoms with Gasteiger partial charge in [0.2, 0.25) is 0 Å². The molecule has 0 aliphatic rings. The van der Waals surface area contributed by atoms with Gasteiger partial charge < -0.3 is 10.1 Å². The molecule has 7 heteroatoms. The van der Waals surface area contributed by atoms with Crippen LogP contribution in [0, 0.1) is 6.92 Å². The molecule has 3 aromatic heterocycles. The topological polar surface area (TPSA) is 81.4 Å². The minimum absolute atomic E-state index is 0.00816. The number of aryl methyl sites for hydroxylation is 2. The lowest BCUT2D eigenvalue weighted by Gasteiger charge is -2.07. The van der Waals surface area contributed by atoms with Gasteiger partial charge >= 0.3 is 0 Å². The minimum atomic E-state index is -0.143. The predicted molar refractivity (Wildman–Crippen MR) is 88.8 cm³/mol. The van der Waals surface area contributed by atoms with Crippen molar-refractivity contribution in [3.8, 4) is 5.75 Å². The van der Waals surface area contributed by atoms with Crippen LogP contribution in [0.5, 0.6) is 5.75 Å². The fourth-order valence-electron chi connectivity index (χ4n) is 2.32. The van der Waals surface area contributed by atoms with Crippen LogP contribution in [0.3, 0.4) is 0 Å². The van der Waals surface area contributed by atoms with Crippen molar-refractivity contribution in [1.82, 2.24) is 24.9 Å². The highest BCUT2D eigenvalue weighted by molar-refractivity contribution is 5.77. The number of ether oxygens (including phenoxy) is 1. The average Bonchev–Trinajstić information content (AvgIpc) is 2.97. The van der Waals surface area contributed by atoms with Gasteiger partial charge in [-0.2, -0.15) is 5.10 Å². The molecule has 0 aromatic carbocycles. The quantitative estimate of drug-likeness (QED) is 0.667. The first-order valence-corrected chi connectivity index (χ1v) is 7.81. The molecule has 1 amide bonds. The summed E-state index contributed by atoms with van der Waals surface area (Å²) in [6, 6.07) is 5.46. The van der Waals surface area contributed by atoms with E-state index in [1.165, 1.54) is 0 Å². The van der Waals surface area contributed by atoms with Gasteiger partial charge in [-0.25, -0.2) is 9.50 Å². The maximum Gasteiger partial charge on any atom is 0.257 e. The van der Waals surface area contributed by atoms with Crippen molar-refractivity contribution < 1.29 is 9.53 Å². The molecular weight excluding hydrogens is 306 g/mol. The van der Waals surface area contributed by atoms with Gasteiger partial charge in [-0.05, 0) is 37.5 Å². The fraction of sp³-hybridized carbons (Fsp3) is 0.294. The average molecular weight is 325 g/mol. The Morgan fingerprint density at radius 1 is 1.38 bits per heavy atom. The van der Waals surface area contributed by atoms with Gasteiger partial charge in [0.25, 0.3) is 5.91 Å². The summed E-state index contributed by atoms with van der Waals surface area (Å²) < 4.78 is 7.12. The lowest BCUT2D eigenvalue weighted by atomic mass is 10.2. The summed E-state index contributed by atoms with van der Waals surface area (Å²) in [6.45, 7) is 2.52. The molecule has 124 valence electrons. The maximum atomic E-state index is 11.7. The number of rotatable bonds is 7. The van der Waals surface area contributed by atoms with E-state index >= 15 is 0 Å². The largest absolute Gasteiger partial charge is 0.482 e. The van der Waals surface area contributed by atoms with E-state index in [1.54, 1.807) is 29.0 Å². The first-order valence-electron chi connectivity index (χ1n) is 7.81. The Hall–Kier alpha value is -2.96. The molecule has 0 unspecified atom stereocenters. The van der Waals surface area contributed by atoms with Crippen molar-refractivity contribution >= 4 is 11.6 Å². The van der Waals surface area contributed by atoms with E-state index in [9.17, 15) is 4.79 Å². The summed E-state index contributed by atoms with van der Waals surface area (Å²) in [5, 5.41) is 7.18. The first kappa shape index (κ1) is 15.9. The zero-order chi connectivity index (χ0) is 16.8. The van der Waals surface area contributed by atoms with Gasteiger partial charge in [0.15, 0.2) is 12.3 Å². The molecule has 0 aliphatic heterocycles. The molecule has 3 aromatic rings. The van der Waals surface area contributed by atoms with Crippen LogP contribution in [0.1, 0.15) is 17.7 Å². The molecule has 0 aliphatic carbocycles. The van der Waals surface area contributed by atoms with Crippen LogP contribution in [0.15, 0.2) is 43.0 Å². The summed E-state index contributed by atoms with van der Waals surface area (Å²) in [6.07, 6.45) is 8.71. The number of nitrogens with one attached hydrogen (secondary N) is 1. The Labute approximate surface area is 139 Å². The third kappa shape index (κ3) is 4.28. The van der Waals surface area contributed by atoms with Crippen molar-refractivity contribution in [2.24, 2.45) is 0 Å². The number of carbonyl (C=O) groups excluding carboxylic acids is 1. The van der Waals surface area contributed by atoms with E-state index in [-0.39, 0.29) is 12.5 Å². The smallest absolute Gasteiger partial charge is 0.257 e. The predicted octanol–water partition coefficient (Wildman–Crippen LogP) is 1.56. The molecule has 0 saturated carbocycles. The molecule has 0 bridgehead atoms. The van der Waals surface area contributed by atoms with Crippen LogP contribution in [-0.2, 0) is 11.2 Å². The summed E-state index contributed by atoms with van der Waals surface area (Å²) >= 11 is 0. The lowest BCUT2D eigenvalue weighted by Crippen LogP contribution is -2.29. The fourth-order valence-corrected chi connectivity index (χ4v) is 2.32. The van der Waals surface area contributed by atoms with E-state index < -0.39 is 0 Å².